The zero-order valence-electron chi connectivity index (χ0n) is 30.3. The minimum absolute atomic E-state index is 0.215. The number of pyridine rings is 1. The number of carbonyl (C=O) groups is 3. The number of fused-ring (bicyclic) bond motifs is 3. The number of hydrogen-bond donors (Lipinski definition) is 2. The molecule has 4 aliphatic rings. The Morgan fingerprint density at radius 3 is 2.54 bits per heavy atom. The van der Waals surface area contributed by atoms with E-state index in [9.17, 15) is 22.8 Å². The first-order valence-electron chi connectivity index (χ1n) is 18.5. The lowest BCUT2D eigenvalue weighted by molar-refractivity contribution is -0.135. The first kappa shape index (κ1) is 36.5. The lowest BCUT2D eigenvalue weighted by atomic mass is 9.93. The highest BCUT2D eigenvalue weighted by Crippen LogP contribution is 2.48. The number of Topliss-reactive ketones (excluding diaryl/α,β-unsaturated/α-hetero) is 1. The normalized spacial score (nSPS) is 27.5. The van der Waals surface area contributed by atoms with E-state index in [1.165, 1.54) is 11.3 Å². The summed E-state index contributed by atoms with van der Waals surface area (Å²) in [6.07, 6.45) is 9.02. The lowest BCUT2D eigenvalue weighted by Gasteiger charge is -2.23. The zero-order valence-corrected chi connectivity index (χ0v) is 31.9. The van der Waals surface area contributed by atoms with E-state index >= 15 is 0 Å². The van der Waals surface area contributed by atoms with Crippen molar-refractivity contribution in [2.45, 2.75) is 101 Å². The van der Waals surface area contributed by atoms with Gasteiger partial charge in [0, 0.05) is 34.9 Å². The van der Waals surface area contributed by atoms with Crippen LogP contribution in [0.4, 0.5) is 0 Å². The minimum atomic E-state index is -3.58. The van der Waals surface area contributed by atoms with Crippen LogP contribution in [-0.2, 0) is 24.2 Å². The second-order valence-corrected chi connectivity index (χ2v) is 18.4. The standard InChI is InChI=1S/C39H48N4O7S2/c1-22(2)31-20-51-38(42-31)30-18-33(27-13-14-32(49-4)23(3)35(27)41-30)50-25-16-28-29(17-25)37(46)43-39(34(44)21-52(47,48)26-11-12-26)19-24(39)10-8-6-5-7-9-15-40-36(28)45/h8,10,13-14,18,20,22,24-26,28-29H,5-7,9,11-12,15-17,19,21H2,1-4H3,(H,40,45)(H,43,46)/b10-8-/t24-,25+,28-,29-,39-/m1/s1. The number of hydrogen-bond acceptors (Lipinski definition) is 10. The highest BCUT2D eigenvalue weighted by Gasteiger charge is 2.61. The molecule has 0 spiro atoms. The maximum Gasteiger partial charge on any atom is 0.224 e. The molecule has 2 N–H and O–H groups in total. The van der Waals surface area contributed by atoms with Gasteiger partial charge in [0.15, 0.2) is 15.6 Å². The molecule has 0 bridgehead atoms. The molecule has 1 aromatic carbocycles. The Balaban J connectivity index is 1.20. The number of benzene rings is 1. The molecule has 5 atom stereocenters. The summed E-state index contributed by atoms with van der Waals surface area (Å²) in [4.78, 5) is 51.6. The molecule has 52 heavy (non-hydrogen) atoms. The summed E-state index contributed by atoms with van der Waals surface area (Å²) in [7, 11) is -1.96. The molecule has 0 radical (unpaired) electrons. The monoisotopic (exact) mass is 748 g/mol. The third-order valence-corrected chi connectivity index (χ3v) is 14.2. The van der Waals surface area contributed by atoms with Crippen molar-refractivity contribution in [1.29, 1.82) is 0 Å². The van der Waals surface area contributed by atoms with Crippen LogP contribution < -0.4 is 20.1 Å². The second kappa shape index (κ2) is 14.5. The number of aryl methyl sites for hydroxylation is 1. The summed E-state index contributed by atoms with van der Waals surface area (Å²) < 4.78 is 38.2. The van der Waals surface area contributed by atoms with Gasteiger partial charge in [0.2, 0.25) is 11.8 Å². The number of rotatable bonds is 9. The molecule has 7 rings (SSSR count). The van der Waals surface area contributed by atoms with Crippen LogP contribution in [0, 0.1) is 24.7 Å². The predicted octanol–water partition coefficient (Wildman–Crippen LogP) is 5.84. The van der Waals surface area contributed by atoms with Crippen LogP contribution in [0.25, 0.3) is 21.6 Å². The van der Waals surface area contributed by atoms with Gasteiger partial charge in [-0.2, -0.15) is 0 Å². The molecule has 0 saturated heterocycles. The number of carbonyl (C=O) groups excluding carboxylic acids is 3. The summed E-state index contributed by atoms with van der Waals surface area (Å²) in [5, 5.41) is 9.18. The summed E-state index contributed by atoms with van der Waals surface area (Å²) in [6, 6.07) is 5.67. The van der Waals surface area contributed by atoms with Gasteiger partial charge in [0.25, 0.3) is 0 Å². The van der Waals surface area contributed by atoms with E-state index in [2.05, 4.69) is 24.5 Å². The molecule has 11 nitrogen and oxygen atoms in total. The molecule has 0 unspecified atom stereocenters. The van der Waals surface area contributed by atoms with Crippen molar-refractivity contribution < 1.29 is 32.3 Å². The lowest BCUT2D eigenvalue weighted by Crippen LogP contribution is -2.51. The average molecular weight is 749 g/mol. The third kappa shape index (κ3) is 7.35. The largest absolute Gasteiger partial charge is 0.496 e. The zero-order chi connectivity index (χ0) is 36.8. The van der Waals surface area contributed by atoms with Crippen molar-refractivity contribution in [2.24, 2.45) is 17.8 Å². The molecular formula is C39H48N4O7S2. The molecule has 3 aliphatic carbocycles. The van der Waals surface area contributed by atoms with Crippen LogP contribution in [-0.4, -0.2) is 72.3 Å². The summed E-state index contributed by atoms with van der Waals surface area (Å²) in [5.41, 5.74) is 1.92. The number of allylic oxidation sites excluding steroid dienone is 1. The quantitative estimate of drug-likeness (QED) is 0.257. The van der Waals surface area contributed by atoms with E-state index < -0.39 is 56.0 Å². The van der Waals surface area contributed by atoms with Gasteiger partial charge in [-0.15, -0.1) is 11.3 Å². The van der Waals surface area contributed by atoms with Crippen LogP contribution in [0.2, 0.25) is 0 Å². The number of nitrogens with zero attached hydrogens (tertiary/aromatic N) is 2. The van der Waals surface area contributed by atoms with Crippen LogP contribution in [0.15, 0.2) is 35.7 Å². The number of ketones is 1. The molecule has 1 aliphatic heterocycles. The van der Waals surface area contributed by atoms with Gasteiger partial charge in [-0.05, 0) is 76.3 Å². The van der Waals surface area contributed by atoms with Gasteiger partial charge in [-0.3, -0.25) is 14.4 Å². The van der Waals surface area contributed by atoms with Crippen molar-refractivity contribution in [3.8, 4) is 22.2 Å². The van der Waals surface area contributed by atoms with E-state index in [-0.39, 0.29) is 24.2 Å². The van der Waals surface area contributed by atoms with Crippen LogP contribution in [0.1, 0.15) is 88.8 Å². The third-order valence-electron chi connectivity index (χ3n) is 11.1. The molecular weight excluding hydrogens is 701 g/mol. The fraction of sp³-hybridized carbons (Fsp3) is 0.564. The number of ether oxygens (including phenoxy) is 2. The number of thiazole rings is 1. The number of nitrogens with one attached hydrogen (secondary N) is 2. The second-order valence-electron chi connectivity index (χ2n) is 15.2. The number of aromatic nitrogens is 2. The Kier molecular flexibility index (Phi) is 10.2. The molecule has 3 heterocycles. The van der Waals surface area contributed by atoms with Crippen molar-refractivity contribution in [2.75, 3.05) is 19.4 Å². The van der Waals surface area contributed by atoms with Crippen molar-refractivity contribution in [1.82, 2.24) is 20.6 Å². The topological polar surface area (TPSA) is 154 Å². The van der Waals surface area contributed by atoms with Gasteiger partial charge in [0.05, 0.1) is 35.4 Å². The van der Waals surface area contributed by atoms with Gasteiger partial charge in [0.1, 0.15) is 39.6 Å². The number of amides is 2. The first-order valence-corrected chi connectivity index (χ1v) is 21.1. The molecule has 3 fully saturated rings. The molecule has 3 aromatic rings. The summed E-state index contributed by atoms with van der Waals surface area (Å²) >= 11 is 1.52. The van der Waals surface area contributed by atoms with Crippen molar-refractivity contribution in [3.05, 3.63) is 47.0 Å². The number of methoxy groups -OCH3 is 1. The van der Waals surface area contributed by atoms with Gasteiger partial charge in [-0.25, -0.2) is 18.4 Å². The maximum absolute atomic E-state index is 14.3. The fourth-order valence-electron chi connectivity index (χ4n) is 7.71. The number of sulfone groups is 1. The average Bonchev–Trinajstić information content (AvgIpc) is 3.98. The smallest absolute Gasteiger partial charge is 0.224 e. The van der Waals surface area contributed by atoms with E-state index in [4.69, 9.17) is 19.4 Å². The van der Waals surface area contributed by atoms with E-state index in [0.29, 0.717) is 54.9 Å². The van der Waals surface area contributed by atoms with Crippen molar-refractivity contribution >= 4 is 49.7 Å². The molecule has 2 amide bonds. The van der Waals surface area contributed by atoms with Crippen LogP contribution >= 0.6 is 11.3 Å². The van der Waals surface area contributed by atoms with E-state index in [1.807, 2.05) is 42.7 Å². The van der Waals surface area contributed by atoms with Crippen LogP contribution in [0.5, 0.6) is 11.5 Å². The fourth-order valence-corrected chi connectivity index (χ4v) is 10.4. The van der Waals surface area contributed by atoms with Gasteiger partial charge in [-0.1, -0.05) is 32.4 Å². The molecule has 2 aromatic heterocycles. The highest BCUT2D eigenvalue weighted by atomic mass is 32.2. The van der Waals surface area contributed by atoms with Crippen molar-refractivity contribution in [3.63, 3.8) is 0 Å². The van der Waals surface area contributed by atoms with Crippen LogP contribution in [0.3, 0.4) is 0 Å². The highest BCUT2D eigenvalue weighted by molar-refractivity contribution is 7.93. The molecule has 3 saturated carbocycles. The Bertz CT molecular complexity index is 2020. The SMILES string of the molecule is COc1ccc2c(O[C@H]3C[C@H]4C(=O)NCCCCC/C=C\[C@@H]5C[C@@]5(C(=O)CS(=O)(=O)C5CC5)NC(=O)[C@@H]4C3)cc(-c3nc(C(C)C)cs3)nc2c1C. The Labute approximate surface area is 309 Å². The summed E-state index contributed by atoms with van der Waals surface area (Å²) in [6.45, 7) is 6.65. The first-order chi connectivity index (χ1) is 24.9. The molecule has 13 heteroatoms. The van der Waals surface area contributed by atoms with Gasteiger partial charge < -0.3 is 20.1 Å². The summed E-state index contributed by atoms with van der Waals surface area (Å²) in [5.74, 6) is -1.90. The maximum atomic E-state index is 14.3. The predicted molar refractivity (Wildman–Crippen MR) is 200 cm³/mol. The van der Waals surface area contributed by atoms with E-state index in [1.54, 1.807) is 7.11 Å². The minimum Gasteiger partial charge on any atom is -0.496 e. The Hall–Kier alpha value is -3.84. The Morgan fingerprint density at radius 1 is 1.06 bits per heavy atom. The Morgan fingerprint density at radius 2 is 1.83 bits per heavy atom. The van der Waals surface area contributed by atoms with Gasteiger partial charge >= 0.3 is 0 Å². The molecule has 278 valence electrons. The van der Waals surface area contributed by atoms with E-state index in [0.717, 1.165) is 47.3 Å².